The second kappa shape index (κ2) is 7.62. The topological polar surface area (TPSA) is 51.0 Å². The van der Waals surface area contributed by atoms with E-state index >= 15 is 0 Å². The Morgan fingerprint density at radius 1 is 1.17 bits per heavy atom. The molecule has 152 valence electrons. The van der Waals surface area contributed by atoms with Gasteiger partial charge in [0.25, 0.3) is 5.91 Å². The molecule has 1 fully saturated rings. The monoisotopic (exact) mass is 390 g/mol. The maximum Gasteiger partial charge on any atom is 0.256 e. The molecule has 2 heterocycles. The molecule has 0 bridgehead atoms. The van der Waals surface area contributed by atoms with Gasteiger partial charge < -0.3 is 4.90 Å². The number of benzene rings is 1. The van der Waals surface area contributed by atoms with E-state index in [2.05, 4.69) is 57.1 Å². The molecule has 0 aliphatic heterocycles. The summed E-state index contributed by atoms with van der Waals surface area (Å²) in [5.74, 6) is 0.585. The smallest absolute Gasteiger partial charge is 0.256 e. The quantitative estimate of drug-likeness (QED) is 0.578. The van der Waals surface area contributed by atoms with Gasteiger partial charge in [-0.2, -0.15) is 5.10 Å². The highest BCUT2D eigenvalue weighted by Gasteiger charge is 2.34. The van der Waals surface area contributed by atoms with Crippen LogP contribution in [0.25, 0.3) is 11.0 Å². The lowest BCUT2D eigenvalue weighted by Crippen LogP contribution is -2.33. The molecule has 29 heavy (non-hydrogen) atoms. The minimum Gasteiger partial charge on any atom is -0.331 e. The highest BCUT2D eigenvalue weighted by molar-refractivity contribution is 5.98. The lowest BCUT2D eigenvalue weighted by Gasteiger charge is -2.23. The highest BCUT2D eigenvalue weighted by atomic mass is 16.2. The van der Waals surface area contributed by atoms with Crippen LogP contribution in [0.15, 0.2) is 36.5 Å². The van der Waals surface area contributed by atoms with Crippen LogP contribution in [0.2, 0.25) is 0 Å². The molecule has 3 aromatic rings. The van der Waals surface area contributed by atoms with E-state index in [1.807, 2.05) is 28.8 Å². The molecule has 0 saturated heterocycles. The summed E-state index contributed by atoms with van der Waals surface area (Å²) in [7, 11) is 0. The lowest BCUT2D eigenvalue weighted by atomic mass is 10.0. The van der Waals surface area contributed by atoms with Crippen molar-refractivity contribution in [3.8, 4) is 0 Å². The minimum absolute atomic E-state index is 0.0737. The molecule has 0 radical (unpaired) electrons. The predicted octanol–water partition coefficient (Wildman–Crippen LogP) is 5.25. The molecule has 0 N–H and O–H groups in total. The van der Waals surface area contributed by atoms with E-state index in [0.717, 1.165) is 29.6 Å². The van der Waals surface area contributed by atoms with Crippen molar-refractivity contribution in [2.75, 3.05) is 0 Å². The number of pyridine rings is 1. The van der Waals surface area contributed by atoms with Gasteiger partial charge in [-0.1, -0.05) is 38.1 Å². The largest absolute Gasteiger partial charge is 0.331 e. The highest BCUT2D eigenvalue weighted by Crippen LogP contribution is 2.31. The fourth-order valence-electron chi connectivity index (χ4n) is 3.77. The molecule has 2 aromatic heterocycles. The zero-order chi connectivity index (χ0) is 20.7. The molecule has 1 amide bonds. The Labute approximate surface area is 172 Å². The Kier molecular flexibility index (Phi) is 5.15. The summed E-state index contributed by atoms with van der Waals surface area (Å²) in [4.78, 5) is 20.2. The summed E-state index contributed by atoms with van der Waals surface area (Å²) in [6.45, 7) is 11.1. The summed E-state index contributed by atoms with van der Waals surface area (Å²) < 4.78 is 1.91. The van der Waals surface area contributed by atoms with E-state index in [-0.39, 0.29) is 11.9 Å². The lowest BCUT2D eigenvalue weighted by molar-refractivity contribution is 0.0729. The van der Waals surface area contributed by atoms with Gasteiger partial charge in [-0.15, -0.1) is 0 Å². The maximum absolute atomic E-state index is 13.5. The number of amides is 1. The second-order valence-corrected chi connectivity index (χ2v) is 8.78. The van der Waals surface area contributed by atoms with Gasteiger partial charge in [-0.3, -0.25) is 4.79 Å². The van der Waals surface area contributed by atoms with Gasteiger partial charge in [0.1, 0.15) is 0 Å². The predicted molar refractivity (Wildman–Crippen MR) is 116 cm³/mol. The first-order chi connectivity index (χ1) is 13.8. The van der Waals surface area contributed by atoms with Crippen LogP contribution in [0.3, 0.4) is 0 Å². The normalized spacial score (nSPS) is 14.2. The zero-order valence-electron chi connectivity index (χ0n) is 18.0. The third-order valence-electron chi connectivity index (χ3n) is 5.73. The molecule has 1 aromatic carbocycles. The van der Waals surface area contributed by atoms with Crippen LogP contribution in [0, 0.1) is 6.92 Å². The first-order valence-electron chi connectivity index (χ1n) is 10.6. The van der Waals surface area contributed by atoms with E-state index in [1.165, 1.54) is 11.1 Å². The SMILES string of the molecule is Cc1nc2c(cnn2C(C)C)cc1C(=O)N(Cc1ccc(C(C)C)cc1)C1CC1. The number of carbonyl (C=O) groups excluding carboxylic acids is 1. The summed E-state index contributed by atoms with van der Waals surface area (Å²) in [5.41, 5.74) is 4.80. The molecule has 1 aliphatic rings. The van der Waals surface area contributed by atoms with Crippen molar-refractivity contribution >= 4 is 16.9 Å². The summed E-state index contributed by atoms with van der Waals surface area (Å²) in [6.07, 6.45) is 3.97. The Morgan fingerprint density at radius 3 is 2.45 bits per heavy atom. The van der Waals surface area contributed by atoms with E-state index < -0.39 is 0 Å². The molecule has 5 heteroatoms. The average Bonchev–Trinajstić information content (AvgIpc) is 3.44. The molecule has 4 rings (SSSR count). The van der Waals surface area contributed by atoms with Crippen molar-refractivity contribution < 1.29 is 4.79 Å². The molecule has 0 spiro atoms. The fraction of sp³-hybridized carbons (Fsp3) is 0.458. The molecule has 1 aliphatic carbocycles. The maximum atomic E-state index is 13.5. The number of hydrogen-bond acceptors (Lipinski definition) is 3. The number of hydrogen-bond donors (Lipinski definition) is 0. The van der Waals surface area contributed by atoms with Crippen LogP contribution in [0.1, 0.15) is 79.7 Å². The van der Waals surface area contributed by atoms with Gasteiger partial charge >= 0.3 is 0 Å². The van der Waals surface area contributed by atoms with E-state index in [0.29, 0.717) is 24.1 Å². The zero-order valence-corrected chi connectivity index (χ0v) is 18.0. The van der Waals surface area contributed by atoms with Crippen LogP contribution in [-0.4, -0.2) is 31.6 Å². The number of aromatic nitrogens is 3. The number of nitrogens with zero attached hydrogens (tertiary/aromatic N) is 4. The molecule has 0 atom stereocenters. The summed E-state index contributed by atoms with van der Waals surface area (Å²) in [5, 5.41) is 5.37. The Bertz CT molecular complexity index is 1030. The molecule has 0 unspecified atom stereocenters. The Morgan fingerprint density at radius 2 is 1.86 bits per heavy atom. The van der Waals surface area contributed by atoms with E-state index in [1.54, 1.807) is 0 Å². The first-order valence-corrected chi connectivity index (χ1v) is 10.6. The standard InChI is InChI=1S/C24H30N4O/c1-15(2)19-8-6-18(7-9-19)14-27(21-10-11-21)24(29)22-12-20-13-25-28(16(3)4)23(20)26-17(22)5/h6-9,12-13,15-16,21H,10-11,14H2,1-5H3. The van der Waals surface area contributed by atoms with Crippen molar-refractivity contribution in [2.45, 2.75) is 72.0 Å². The minimum atomic E-state index is 0.0737. The summed E-state index contributed by atoms with van der Waals surface area (Å²) >= 11 is 0. The molecule has 5 nitrogen and oxygen atoms in total. The Balaban J connectivity index is 1.63. The number of rotatable bonds is 6. The van der Waals surface area contributed by atoms with Crippen molar-refractivity contribution in [1.29, 1.82) is 0 Å². The van der Waals surface area contributed by atoms with Gasteiger partial charge in [0.15, 0.2) is 5.65 Å². The van der Waals surface area contributed by atoms with Gasteiger partial charge in [0.05, 0.1) is 17.5 Å². The first kappa shape index (κ1) is 19.6. The van der Waals surface area contributed by atoms with Gasteiger partial charge in [-0.25, -0.2) is 9.67 Å². The van der Waals surface area contributed by atoms with E-state index in [4.69, 9.17) is 4.98 Å². The third-order valence-corrected chi connectivity index (χ3v) is 5.73. The second-order valence-electron chi connectivity index (χ2n) is 8.78. The number of carbonyl (C=O) groups is 1. The molecule has 1 saturated carbocycles. The van der Waals surface area contributed by atoms with E-state index in [9.17, 15) is 4.79 Å². The van der Waals surface area contributed by atoms with Crippen molar-refractivity contribution in [2.24, 2.45) is 0 Å². The van der Waals surface area contributed by atoms with Crippen LogP contribution >= 0.6 is 0 Å². The van der Waals surface area contributed by atoms with Gasteiger partial charge in [-0.05, 0) is 56.7 Å². The van der Waals surface area contributed by atoms with Crippen molar-refractivity contribution in [3.05, 3.63) is 58.9 Å². The fourth-order valence-corrected chi connectivity index (χ4v) is 3.77. The van der Waals surface area contributed by atoms with Crippen molar-refractivity contribution in [3.63, 3.8) is 0 Å². The Hall–Kier alpha value is -2.69. The van der Waals surface area contributed by atoms with Crippen LogP contribution in [-0.2, 0) is 6.54 Å². The third kappa shape index (κ3) is 3.91. The van der Waals surface area contributed by atoms with Crippen LogP contribution in [0.5, 0.6) is 0 Å². The van der Waals surface area contributed by atoms with Crippen LogP contribution < -0.4 is 0 Å². The molecular weight excluding hydrogens is 360 g/mol. The van der Waals surface area contributed by atoms with Gasteiger partial charge in [0.2, 0.25) is 0 Å². The average molecular weight is 391 g/mol. The van der Waals surface area contributed by atoms with Crippen LogP contribution in [0.4, 0.5) is 0 Å². The molecular formula is C24H30N4O. The van der Waals surface area contributed by atoms with Gasteiger partial charge in [0, 0.05) is 24.0 Å². The number of fused-ring (bicyclic) bond motifs is 1. The summed E-state index contributed by atoms with van der Waals surface area (Å²) in [6, 6.07) is 11.2. The number of aryl methyl sites for hydroxylation is 1. The van der Waals surface area contributed by atoms with Crippen molar-refractivity contribution in [1.82, 2.24) is 19.7 Å².